The first kappa shape index (κ1) is 20.3. The molecule has 1 unspecified atom stereocenters. The summed E-state index contributed by atoms with van der Waals surface area (Å²) >= 11 is 1.26. The van der Waals surface area contributed by atoms with Crippen LogP contribution in [0.2, 0.25) is 0 Å². The quantitative estimate of drug-likeness (QED) is 0.549. The molecular formula is C25H22N2O4S. The number of nitrogens with zero attached hydrogens (tertiary/aromatic N) is 2. The van der Waals surface area contributed by atoms with E-state index in [9.17, 15) is 19.8 Å². The third-order valence-electron chi connectivity index (χ3n) is 6.01. The van der Waals surface area contributed by atoms with Crippen LogP contribution in [0.3, 0.4) is 0 Å². The Balaban J connectivity index is 1.57. The number of aliphatic hydroxyl groups excluding tert-OH is 1. The summed E-state index contributed by atoms with van der Waals surface area (Å²) in [5, 5.41) is 22.3. The van der Waals surface area contributed by atoms with Gasteiger partial charge in [0.15, 0.2) is 5.76 Å². The second-order valence-electron chi connectivity index (χ2n) is 7.95. The Morgan fingerprint density at radius 1 is 0.906 bits per heavy atom. The van der Waals surface area contributed by atoms with Crippen LogP contribution in [0, 0.1) is 0 Å². The smallest absolute Gasteiger partial charge is 0.294 e. The Morgan fingerprint density at radius 3 is 2.19 bits per heavy atom. The maximum Gasteiger partial charge on any atom is 0.294 e. The molecule has 2 aromatic carbocycles. The number of thiophene rings is 1. The zero-order chi connectivity index (χ0) is 22.2. The van der Waals surface area contributed by atoms with Crippen LogP contribution in [-0.2, 0) is 4.79 Å². The lowest BCUT2D eigenvalue weighted by molar-refractivity contribution is -0.117. The average Bonchev–Trinajstić information content (AvgIpc) is 3.57. The zero-order valence-corrected chi connectivity index (χ0v) is 18.1. The van der Waals surface area contributed by atoms with Gasteiger partial charge in [-0.2, -0.15) is 0 Å². The SMILES string of the molecule is O=C(C1=C(O)C(=O)N(c2ccc(N3CCCC3)cc2)C1c1ccc(O)cc1)c1cccs1. The van der Waals surface area contributed by atoms with Crippen LogP contribution in [0.5, 0.6) is 5.75 Å². The molecule has 0 bridgehead atoms. The number of aromatic hydroxyl groups is 1. The number of benzene rings is 2. The van der Waals surface area contributed by atoms with Gasteiger partial charge in [0.1, 0.15) is 5.75 Å². The van der Waals surface area contributed by atoms with Gasteiger partial charge < -0.3 is 15.1 Å². The number of carbonyl (C=O) groups is 2. The molecule has 3 heterocycles. The number of carbonyl (C=O) groups excluding carboxylic acids is 2. The molecular weight excluding hydrogens is 424 g/mol. The summed E-state index contributed by atoms with van der Waals surface area (Å²) < 4.78 is 0. The van der Waals surface area contributed by atoms with Crippen LogP contribution in [0.1, 0.15) is 34.1 Å². The van der Waals surface area contributed by atoms with Crippen molar-refractivity contribution in [1.82, 2.24) is 0 Å². The largest absolute Gasteiger partial charge is 0.508 e. The molecule has 1 atom stereocenters. The molecule has 2 N–H and O–H groups in total. The highest BCUT2D eigenvalue weighted by atomic mass is 32.1. The van der Waals surface area contributed by atoms with E-state index in [0.717, 1.165) is 18.8 Å². The van der Waals surface area contributed by atoms with Crippen LogP contribution in [0.25, 0.3) is 0 Å². The maximum atomic E-state index is 13.3. The topological polar surface area (TPSA) is 81.1 Å². The van der Waals surface area contributed by atoms with Gasteiger partial charge >= 0.3 is 0 Å². The van der Waals surface area contributed by atoms with Crippen LogP contribution in [0.15, 0.2) is 77.4 Å². The van der Waals surface area contributed by atoms with E-state index in [0.29, 0.717) is 16.1 Å². The van der Waals surface area contributed by atoms with Crippen molar-refractivity contribution in [2.24, 2.45) is 0 Å². The van der Waals surface area contributed by atoms with Crippen molar-refractivity contribution in [3.05, 3.63) is 87.8 Å². The van der Waals surface area contributed by atoms with E-state index in [4.69, 9.17) is 0 Å². The molecule has 3 aromatic rings. The number of ketones is 1. The van der Waals surface area contributed by atoms with Gasteiger partial charge in [-0.1, -0.05) is 18.2 Å². The number of rotatable bonds is 5. The monoisotopic (exact) mass is 446 g/mol. The van der Waals surface area contributed by atoms with Gasteiger partial charge in [-0.05, 0) is 66.2 Å². The predicted octanol–water partition coefficient (Wildman–Crippen LogP) is 4.84. The van der Waals surface area contributed by atoms with E-state index in [1.807, 2.05) is 24.3 Å². The molecule has 2 aliphatic heterocycles. The summed E-state index contributed by atoms with van der Waals surface area (Å²) in [4.78, 5) is 30.7. The first-order valence-electron chi connectivity index (χ1n) is 10.5. The van der Waals surface area contributed by atoms with Crippen molar-refractivity contribution >= 4 is 34.4 Å². The third kappa shape index (κ3) is 3.44. The van der Waals surface area contributed by atoms with Crippen LogP contribution in [0.4, 0.5) is 11.4 Å². The minimum atomic E-state index is -0.796. The molecule has 1 amide bonds. The summed E-state index contributed by atoms with van der Waals surface area (Å²) in [5.74, 6) is -1.44. The number of Topliss-reactive ketones (excluding diaryl/α,β-unsaturated/α-hetero) is 1. The number of anilines is 2. The molecule has 5 rings (SSSR count). The molecule has 162 valence electrons. The molecule has 0 aliphatic carbocycles. The summed E-state index contributed by atoms with van der Waals surface area (Å²) in [7, 11) is 0. The first-order chi connectivity index (χ1) is 15.5. The molecule has 0 spiro atoms. The average molecular weight is 447 g/mol. The van der Waals surface area contributed by atoms with Crippen molar-refractivity contribution in [3.8, 4) is 5.75 Å². The highest BCUT2D eigenvalue weighted by Crippen LogP contribution is 2.43. The standard InChI is InChI=1S/C25H22N2O4S/c28-19-11-5-16(6-12-19)22-21(23(29)20-4-3-15-32-20)24(30)25(31)27(22)18-9-7-17(8-10-18)26-13-1-2-14-26/h3-12,15,22,28,30H,1-2,13-14H2. The van der Waals surface area contributed by atoms with Crippen LogP contribution >= 0.6 is 11.3 Å². The Bertz CT molecular complexity index is 1180. The molecule has 32 heavy (non-hydrogen) atoms. The number of phenols is 1. The summed E-state index contributed by atoms with van der Waals surface area (Å²) in [6, 6.07) is 16.6. The summed E-state index contributed by atoms with van der Waals surface area (Å²) in [6.07, 6.45) is 2.34. The summed E-state index contributed by atoms with van der Waals surface area (Å²) in [6.45, 7) is 2.03. The van der Waals surface area contributed by atoms with Crippen LogP contribution < -0.4 is 9.80 Å². The van der Waals surface area contributed by atoms with Gasteiger partial charge in [0.25, 0.3) is 5.91 Å². The van der Waals surface area contributed by atoms with Crippen molar-refractivity contribution in [2.45, 2.75) is 18.9 Å². The highest BCUT2D eigenvalue weighted by Gasteiger charge is 2.44. The van der Waals surface area contributed by atoms with Gasteiger partial charge in [-0.25, -0.2) is 0 Å². The number of hydrogen-bond donors (Lipinski definition) is 2. The number of hydrogen-bond acceptors (Lipinski definition) is 6. The predicted molar refractivity (Wildman–Crippen MR) is 125 cm³/mol. The molecule has 1 fully saturated rings. The zero-order valence-electron chi connectivity index (χ0n) is 17.3. The number of phenolic OH excluding ortho intramolecular Hbond substituents is 1. The van der Waals surface area contributed by atoms with Crippen molar-refractivity contribution in [3.63, 3.8) is 0 Å². The minimum absolute atomic E-state index is 0.0479. The van der Waals surface area contributed by atoms with E-state index >= 15 is 0 Å². The van der Waals surface area contributed by atoms with Gasteiger partial charge in [-0.15, -0.1) is 11.3 Å². The van der Waals surface area contributed by atoms with Crippen molar-refractivity contribution in [1.29, 1.82) is 0 Å². The Labute approximate surface area is 189 Å². The first-order valence-corrected chi connectivity index (χ1v) is 11.4. The van der Waals surface area contributed by atoms with Gasteiger partial charge in [-0.3, -0.25) is 14.5 Å². The normalized spacial score (nSPS) is 18.6. The molecule has 1 saturated heterocycles. The molecule has 7 heteroatoms. The van der Waals surface area contributed by atoms with Gasteiger partial charge in [0.05, 0.1) is 16.5 Å². The fourth-order valence-electron chi connectivity index (χ4n) is 4.42. The lowest BCUT2D eigenvalue weighted by atomic mass is 9.95. The van der Waals surface area contributed by atoms with E-state index in [1.165, 1.54) is 41.2 Å². The van der Waals surface area contributed by atoms with E-state index < -0.39 is 17.7 Å². The molecule has 2 aliphatic rings. The highest BCUT2D eigenvalue weighted by molar-refractivity contribution is 7.12. The van der Waals surface area contributed by atoms with Gasteiger partial charge in [0, 0.05) is 24.5 Å². The molecule has 1 aromatic heterocycles. The Morgan fingerprint density at radius 2 is 1.56 bits per heavy atom. The summed E-state index contributed by atoms with van der Waals surface area (Å²) in [5.41, 5.74) is 2.36. The van der Waals surface area contributed by atoms with E-state index in [2.05, 4.69) is 4.90 Å². The number of amides is 1. The second kappa shape index (κ2) is 8.16. The van der Waals surface area contributed by atoms with E-state index in [1.54, 1.807) is 29.6 Å². The minimum Gasteiger partial charge on any atom is -0.508 e. The Hall–Kier alpha value is -3.58. The van der Waals surface area contributed by atoms with Gasteiger partial charge in [0.2, 0.25) is 5.78 Å². The number of aliphatic hydroxyl groups is 1. The van der Waals surface area contributed by atoms with Crippen molar-refractivity contribution < 1.29 is 19.8 Å². The maximum absolute atomic E-state index is 13.3. The second-order valence-corrected chi connectivity index (χ2v) is 8.90. The van der Waals surface area contributed by atoms with Crippen molar-refractivity contribution in [2.75, 3.05) is 22.9 Å². The fraction of sp³-hybridized carbons (Fsp3) is 0.200. The van der Waals surface area contributed by atoms with E-state index in [-0.39, 0.29) is 17.1 Å². The fourth-order valence-corrected chi connectivity index (χ4v) is 5.09. The lowest BCUT2D eigenvalue weighted by Crippen LogP contribution is -2.31. The molecule has 6 nitrogen and oxygen atoms in total. The molecule has 0 saturated carbocycles. The lowest BCUT2D eigenvalue weighted by Gasteiger charge is -2.27. The third-order valence-corrected chi connectivity index (χ3v) is 6.87. The Kier molecular flexibility index (Phi) is 5.19. The van der Waals surface area contributed by atoms with Crippen LogP contribution in [-0.4, -0.2) is 35.0 Å². The molecule has 0 radical (unpaired) electrons.